The Labute approximate surface area is 172 Å². The molecule has 2 aromatic carbocycles. The van der Waals surface area contributed by atoms with Crippen LogP contribution in [0.25, 0.3) is 6.08 Å². The fourth-order valence-corrected chi connectivity index (χ4v) is 3.52. The minimum absolute atomic E-state index is 0.113. The van der Waals surface area contributed by atoms with E-state index in [9.17, 15) is 19.5 Å². The van der Waals surface area contributed by atoms with Gasteiger partial charge in [-0.3, -0.25) is 19.3 Å². The lowest BCUT2D eigenvalue weighted by molar-refractivity contribution is -0.127. The Bertz CT molecular complexity index is 985. The Morgan fingerprint density at radius 1 is 1.21 bits per heavy atom. The number of aromatic hydroxyl groups is 1. The summed E-state index contributed by atoms with van der Waals surface area (Å²) in [6.45, 7) is 3.71. The lowest BCUT2D eigenvalue weighted by atomic mass is 10.1. The van der Waals surface area contributed by atoms with Crippen LogP contribution in [0.2, 0.25) is 0 Å². The number of para-hydroxylation sites is 1. The average molecular weight is 412 g/mol. The predicted octanol–water partition coefficient (Wildman–Crippen LogP) is 3.77. The van der Waals surface area contributed by atoms with Crippen molar-refractivity contribution in [2.45, 2.75) is 13.8 Å². The van der Waals surface area contributed by atoms with Gasteiger partial charge in [-0.15, -0.1) is 0 Å². The van der Waals surface area contributed by atoms with Crippen molar-refractivity contribution in [1.82, 2.24) is 4.90 Å². The first kappa shape index (κ1) is 20.5. The number of benzene rings is 2. The number of amides is 3. The molecule has 1 aliphatic heterocycles. The second kappa shape index (κ2) is 8.83. The van der Waals surface area contributed by atoms with Crippen LogP contribution >= 0.6 is 11.8 Å². The van der Waals surface area contributed by atoms with E-state index in [-0.39, 0.29) is 22.9 Å². The van der Waals surface area contributed by atoms with Gasteiger partial charge >= 0.3 is 0 Å². The standard InChI is InChI=1S/C21H20N2O5S/c1-3-28-16-6-4-5-14(19(16)25)11-17-20(26)23(21(27)29-17)12-18(24)22-15-9-7-13(2)8-10-15/h4-11,25H,3,12H2,1-2H3,(H,22,24)/b17-11+. The van der Waals surface area contributed by atoms with E-state index in [2.05, 4.69) is 5.32 Å². The summed E-state index contributed by atoms with van der Waals surface area (Å²) in [5, 5.41) is 12.4. The van der Waals surface area contributed by atoms with Gasteiger partial charge < -0.3 is 15.2 Å². The van der Waals surface area contributed by atoms with Gasteiger partial charge in [-0.05, 0) is 49.9 Å². The monoisotopic (exact) mass is 412 g/mol. The number of aryl methyl sites for hydroxylation is 1. The van der Waals surface area contributed by atoms with Crippen LogP contribution in [0.15, 0.2) is 47.4 Å². The van der Waals surface area contributed by atoms with Crippen molar-refractivity contribution in [2.24, 2.45) is 0 Å². The number of carbonyl (C=O) groups is 3. The Kier molecular flexibility index (Phi) is 6.23. The quantitative estimate of drug-likeness (QED) is 0.701. The van der Waals surface area contributed by atoms with E-state index in [1.165, 1.54) is 6.08 Å². The van der Waals surface area contributed by atoms with Crippen molar-refractivity contribution < 1.29 is 24.2 Å². The molecule has 2 aromatic rings. The molecule has 0 unspecified atom stereocenters. The number of phenolic OH excluding ortho intramolecular Hbond substituents is 1. The number of ether oxygens (including phenoxy) is 1. The van der Waals surface area contributed by atoms with Crippen molar-refractivity contribution in [2.75, 3.05) is 18.5 Å². The lowest BCUT2D eigenvalue weighted by Crippen LogP contribution is -2.36. The van der Waals surface area contributed by atoms with Gasteiger partial charge in [0.1, 0.15) is 6.54 Å². The van der Waals surface area contributed by atoms with Crippen LogP contribution < -0.4 is 10.1 Å². The summed E-state index contributed by atoms with van der Waals surface area (Å²) >= 11 is 0.721. The van der Waals surface area contributed by atoms with Crippen LogP contribution in [-0.2, 0) is 9.59 Å². The van der Waals surface area contributed by atoms with E-state index >= 15 is 0 Å². The molecular weight excluding hydrogens is 392 g/mol. The van der Waals surface area contributed by atoms with Gasteiger partial charge in [0, 0.05) is 11.3 Å². The summed E-state index contributed by atoms with van der Waals surface area (Å²) in [5.74, 6) is -0.880. The molecule has 0 bridgehead atoms. The smallest absolute Gasteiger partial charge is 0.294 e. The highest BCUT2D eigenvalue weighted by molar-refractivity contribution is 8.18. The van der Waals surface area contributed by atoms with Gasteiger partial charge in [-0.1, -0.05) is 29.8 Å². The third-order valence-electron chi connectivity index (χ3n) is 4.13. The molecule has 3 amide bonds. The number of imide groups is 1. The lowest BCUT2D eigenvalue weighted by Gasteiger charge is -2.12. The van der Waals surface area contributed by atoms with Crippen LogP contribution in [0.3, 0.4) is 0 Å². The van der Waals surface area contributed by atoms with Crippen molar-refractivity contribution in [3.05, 3.63) is 58.5 Å². The molecule has 1 saturated heterocycles. The van der Waals surface area contributed by atoms with E-state index in [1.807, 2.05) is 19.1 Å². The van der Waals surface area contributed by atoms with E-state index in [4.69, 9.17) is 4.74 Å². The first-order valence-corrected chi connectivity index (χ1v) is 9.77. The van der Waals surface area contributed by atoms with E-state index in [1.54, 1.807) is 37.3 Å². The second-order valence-electron chi connectivity index (χ2n) is 6.31. The molecule has 0 saturated carbocycles. The number of hydrogen-bond acceptors (Lipinski definition) is 6. The zero-order valence-corrected chi connectivity index (χ0v) is 16.8. The molecule has 3 rings (SSSR count). The number of carbonyl (C=O) groups excluding carboxylic acids is 3. The largest absolute Gasteiger partial charge is 0.504 e. The van der Waals surface area contributed by atoms with Crippen LogP contribution in [0.4, 0.5) is 10.5 Å². The summed E-state index contributed by atoms with van der Waals surface area (Å²) in [6.07, 6.45) is 1.42. The highest BCUT2D eigenvalue weighted by atomic mass is 32.2. The first-order chi connectivity index (χ1) is 13.9. The van der Waals surface area contributed by atoms with Crippen LogP contribution in [0.5, 0.6) is 11.5 Å². The third-order valence-corrected chi connectivity index (χ3v) is 5.03. The highest BCUT2D eigenvalue weighted by Gasteiger charge is 2.36. The Balaban J connectivity index is 1.72. The third kappa shape index (κ3) is 4.78. The maximum Gasteiger partial charge on any atom is 0.294 e. The zero-order chi connectivity index (χ0) is 21.0. The minimum Gasteiger partial charge on any atom is -0.504 e. The van der Waals surface area contributed by atoms with E-state index in [0.29, 0.717) is 17.9 Å². The Morgan fingerprint density at radius 2 is 1.93 bits per heavy atom. The molecule has 0 aromatic heterocycles. The summed E-state index contributed by atoms with van der Waals surface area (Å²) < 4.78 is 5.33. The van der Waals surface area contributed by atoms with Crippen molar-refractivity contribution >= 4 is 40.6 Å². The number of phenols is 1. The molecule has 1 aliphatic rings. The summed E-state index contributed by atoms with van der Waals surface area (Å²) in [5.41, 5.74) is 1.99. The van der Waals surface area contributed by atoms with Crippen LogP contribution in [0.1, 0.15) is 18.1 Å². The molecule has 7 nitrogen and oxygen atoms in total. The topological polar surface area (TPSA) is 95.9 Å². The number of anilines is 1. The normalized spacial score (nSPS) is 15.1. The summed E-state index contributed by atoms with van der Waals surface area (Å²) in [6, 6.07) is 12.1. The van der Waals surface area contributed by atoms with E-state index in [0.717, 1.165) is 22.2 Å². The Morgan fingerprint density at radius 3 is 2.62 bits per heavy atom. The van der Waals surface area contributed by atoms with Gasteiger partial charge in [-0.25, -0.2) is 0 Å². The molecule has 0 aliphatic carbocycles. The molecule has 1 fully saturated rings. The maximum absolute atomic E-state index is 12.6. The van der Waals surface area contributed by atoms with Crippen molar-refractivity contribution in [1.29, 1.82) is 0 Å². The molecule has 0 atom stereocenters. The van der Waals surface area contributed by atoms with Crippen molar-refractivity contribution in [3.63, 3.8) is 0 Å². The number of rotatable bonds is 6. The average Bonchev–Trinajstić information content (AvgIpc) is 2.94. The highest BCUT2D eigenvalue weighted by Crippen LogP contribution is 2.36. The number of nitrogens with zero attached hydrogens (tertiary/aromatic N) is 1. The second-order valence-corrected chi connectivity index (χ2v) is 7.30. The summed E-state index contributed by atoms with van der Waals surface area (Å²) in [4.78, 5) is 38.1. The summed E-state index contributed by atoms with van der Waals surface area (Å²) in [7, 11) is 0. The maximum atomic E-state index is 12.6. The number of hydrogen-bond donors (Lipinski definition) is 2. The first-order valence-electron chi connectivity index (χ1n) is 8.95. The molecular formula is C21H20N2O5S. The van der Waals surface area contributed by atoms with Crippen LogP contribution in [0, 0.1) is 6.92 Å². The molecule has 0 radical (unpaired) electrons. The molecule has 29 heavy (non-hydrogen) atoms. The fraction of sp³-hybridized carbons (Fsp3) is 0.190. The van der Waals surface area contributed by atoms with Gasteiger partial charge in [0.2, 0.25) is 5.91 Å². The fourth-order valence-electron chi connectivity index (χ4n) is 2.69. The predicted molar refractivity (Wildman–Crippen MR) is 112 cm³/mol. The van der Waals surface area contributed by atoms with Crippen LogP contribution in [-0.4, -0.2) is 40.2 Å². The molecule has 0 spiro atoms. The van der Waals surface area contributed by atoms with E-state index < -0.39 is 17.1 Å². The minimum atomic E-state index is -0.583. The molecule has 150 valence electrons. The number of thioether (sulfide) groups is 1. The molecule has 1 heterocycles. The van der Waals surface area contributed by atoms with Gasteiger partial charge in [0.15, 0.2) is 11.5 Å². The van der Waals surface area contributed by atoms with Gasteiger partial charge in [0.25, 0.3) is 11.1 Å². The molecule has 2 N–H and O–H groups in total. The van der Waals surface area contributed by atoms with Gasteiger partial charge in [-0.2, -0.15) is 0 Å². The SMILES string of the molecule is CCOc1cccc(/C=C2/SC(=O)N(CC(=O)Nc3ccc(C)cc3)C2=O)c1O. The van der Waals surface area contributed by atoms with Gasteiger partial charge in [0.05, 0.1) is 11.5 Å². The number of nitrogens with one attached hydrogen (secondary N) is 1. The van der Waals surface area contributed by atoms with Crippen molar-refractivity contribution in [3.8, 4) is 11.5 Å². The zero-order valence-electron chi connectivity index (χ0n) is 16.0. The molecule has 8 heteroatoms. The Hall–Kier alpha value is -3.26.